The molecule has 0 aliphatic heterocycles. The molecule has 13 heavy (non-hydrogen) atoms. The topological polar surface area (TPSA) is 0 Å². The SMILES string of the molecule is CC(C)CC[C@@H](Cl)c1ccccc1. The monoisotopic (exact) mass is 196 g/mol. The second-order valence-electron chi connectivity index (χ2n) is 3.85. The molecular weight excluding hydrogens is 180 g/mol. The number of rotatable bonds is 4. The van der Waals surface area contributed by atoms with E-state index in [2.05, 4.69) is 26.0 Å². The maximum Gasteiger partial charge on any atom is 0.0585 e. The molecule has 0 aromatic heterocycles. The summed E-state index contributed by atoms with van der Waals surface area (Å²) in [6.07, 6.45) is 2.27. The minimum atomic E-state index is 0.184. The number of alkyl halides is 1. The third-order valence-electron chi connectivity index (χ3n) is 2.16. The molecule has 0 radical (unpaired) electrons. The molecule has 0 N–H and O–H groups in total. The van der Waals surface area contributed by atoms with Gasteiger partial charge >= 0.3 is 0 Å². The lowest BCUT2D eigenvalue weighted by Gasteiger charge is -2.10. The lowest BCUT2D eigenvalue weighted by molar-refractivity contribution is 0.549. The summed E-state index contributed by atoms with van der Waals surface area (Å²) in [5.41, 5.74) is 1.24. The summed E-state index contributed by atoms with van der Waals surface area (Å²) in [4.78, 5) is 0. The van der Waals surface area contributed by atoms with Crippen LogP contribution in [0.15, 0.2) is 30.3 Å². The van der Waals surface area contributed by atoms with Crippen LogP contribution >= 0.6 is 11.6 Å². The molecule has 1 heteroatoms. The van der Waals surface area contributed by atoms with Crippen LogP contribution in [0.25, 0.3) is 0 Å². The molecule has 0 amide bonds. The van der Waals surface area contributed by atoms with Gasteiger partial charge in [0.05, 0.1) is 5.38 Å². The van der Waals surface area contributed by atoms with Gasteiger partial charge < -0.3 is 0 Å². The summed E-state index contributed by atoms with van der Waals surface area (Å²) < 4.78 is 0. The molecule has 0 fully saturated rings. The van der Waals surface area contributed by atoms with Crippen LogP contribution in [0.3, 0.4) is 0 Å². The minimum Gasteiger partial charge on any atom is -0.118 e. The van der Waals surface area contributed by atoms with Crippen LogP contribution in [0.1, 0.15) is 37.6 Å². The highest BCUT2D eigenvalue weighted by Crippen LogP contribution is 2.26. The lowest BCUT2D eigenvalue weighted by Crippen LogP contribution is -1.94. The molecule has 0 nitrogen and oxygen atoms in total. The van der Waals surface area contributed by atoms with E-state index in [1.807, 2.05) is 18.2 Å². The highest BCUT2D eigenvalue weighted by atomic mass is 35.5. The average molecular weight is 197 g/mol. The van der Waals surface area contributed by atoms with Gasteiger partial charge in [-0.05, 0) is 24.3 Å². The number of halogens is 1. The van der Waals surface area contributed by atoms with Gasteiger partial charge in [-0.3, -0.25) is 0 Å². The zero-order chi connectivity index (χ0) is 9.68. The number of hydrogen-bond donors (Lipinski definition) is 0. The summed E-state index contributed by atoms with van der Waals surface area (Å²) in [7, 11) is 0. The Labute approximate surface area is 85.9 Å². The summed E-state index contributed by atoms with van der Waals surface area (Å²) in [5, 5.41) is 0.184. The van der Waals surface area contributed by atoms with E-state index in [1.54, 1.807) is 0 Å². The fourth-order valence-electron chi connectivity index (χ4n) is 1.31. The Bertz CT molecular complexity index is 228. The van der Waals surface area contributed by atoms with E-state index in [9.17, 15) is 0 Å². The molecule has 0 unspecified atom stereocenters. The van der Waals surface area contributed by atoms with Crippen molar-refractivity contribution in [1.29, 1.82) is 0 Å². The molecule has 0 heterocycles. The quantitative estimate of drug-likeness (QED) is 0.627. The van der Waals surface area contributed by atoms with Crippen molar-refractivity contribution < 1.29 is 0 Å². The Morgan fingerprint density at radius 3 is 2.23 bits per heavy atom. The van der Waals surface area contributed by atoms with E-state index in [1.165, 1.54) is 12.0 Å². The van der Waals surface area contributed by atoms with Gasteiger partial charge in [-0.25, -0.2) is 0 Å². The average Bonchev–Trinajstić information content (AvgIpc) is 2.15. The van der Waals surface area contributed by atoms with Crippen molar-refractivity contribution in [3.63, 3.8) is 0 Å². The van der Waals surface area contributed by atoms with Gasteiger partial charge in [0.25, 0.3) is 0 Å². The van der Waals surface area contributed by atoms with Crippen molar-refractivity contribution in [3.05, 3.63) is 35.9 Å². The fourth-order valence-corrected chi connectivity index (χ4v) is 1.58. The van der Waals surface area contributed by atoms with Gasteiger partial charge in [-0.15, -0.1) is 11.6 Å². The Balaban J connectivity index is 2.44. The van der Waals surface area contributed by atoms with Gasteiger partial charge in [0, 0.05) is 0 Å². The highest BCUT2D eigenvalue weighted by molar-refractivity contribution is 6.20. The molecule has 0 aliphatic carbocycles. The Hall–Kier alpha value is -0.490. The lowest BCUT2D eigenvalue weighted by atomic mass is 10.0. The zero-order valence-electron chi connectivity index (χ0n) is 8.33. The first kappa shape index (κ1) is 10.6. The molecule has 1 aromatic rings. The summed E-state index contributed by atoms with van der Waals surface area (Å²) >= 11 is 6.25. The molecule has 1 aromatic carbocycles. The molecule has 72 valence electrons. The molecule has 1 atom stereocenters. The van der Waals surface area contributed by atoms with E-state index in [-0.39, 0.29) is 5.38 Å². The van der Waals surface area contributed by atoms with E-state index in [0.29, 0.717) is 0 Å². The van der Waals surface area contributed by atoms with Crippen LogP contribution < -0.4 is 0 Å². The largest absolute Gasteiger partial charge is 0.118 e. The minimum absolute atomic E-state index is 0.184. The summed E-state index contributed by atoms with van der Waals surface area (Å²) in [5.74, 6) is 0.741. The fraction of sp³-hybridized carbons (Fsp3) is 0.500. The third kappa shape index (κ3) is 3.82. The standard InChI is InChI=1S/C12H17Cl/c1-10(2)8-9-12(13)11-6-4-3-5-7-11/h3-7,10,12H,8-9H2,1-2H3/t12-/m1/s1. The molecular formula is C12H17Cl. The van der Waals surface area contributed by atoms with Gasteiger partial charge in [0.2, 0.25) is 0 Å². The van der Waals surface area contributed by atoms with Crippen molar-refractivity contribution in [2.75, 3.05) is 0 Å². The van der Waals surface area contributed by atoms with Gasteiger partial charge in [-0.1, -0.05) is 44.2 Å². The van der Waals surface area contributed by atoms with Crippen LogP contribution in [0.2, 0.25) is 0 Å². The van der Waals surface area contributed by atoms with Gasteiger partial charge in [-0.2, -0.15) is 0 Å². The Morgan fingerprint density at radius 1 is 1.08 bits per heavy atom. The van der Waals surface area contributed by atoms with Crippen LogP contribution in [0.4, 0.5) is 0 Å². The van der Waals surface area contributed by atoms with Crippen molar-refractivity contribution in [1.82, 2.24) is 0 Å². The van der Waals surface area contributed by atoms with E-state index in [0.717, 1.165) is 12.3 Å². The second kappa shape index (κ2) is 5.29. The zero-order valence-corrected chi connectivity index (χ0v) is 9.09. The second-order valence-corrected chi connectivity index (χ2v) is 4.38. The Kier molecular flexibility index (Phi) is 4.31. The third-order valence-corrected chi connectivity index (χ3v) is 2.63. The molecule has 0 spiro atoms. The van der Waals surface area contributed by atoms with E-state index < -0.39 is 0 Å². The van der Waals surface area contributed by atoms with Crippen LogP contribution in [-0.2, 0) is 0 Å². The first-order chi connectivity index (χ1) is 6.20. The normalized spacial score (nSPS) is 13.2. The van der Waals surface area contributed by atoms with Gasteiger partial charge in [0.15, 0.2) is 0 Å². The first-order valence-electron chi connectivity index (χ1n) is 4.89. The van der Waals surface area contributed by atoms with Crippen LogP contribution in [0, 0.1) is 5.92 Å². The van der Waals surface area contributed by atoms with Crippen molar-refractivity contribution in [3.8, 4) is 0 Å². The van der Waals surface area contributed by atoms with E-state index >= 15 is 0 Å². The van der Waals surface area contributed by atoms with E-state index in [4.69, 9.17) is 11.6 Å². The molecule has 1 rings (SSSR count). The summed E-state index contributed by atoms with van der Waals surface area (Å²) in [6, 6.07) is 10.3. The maximum atomic E-state index is 6.25. The Morgan fingerprint density at radius 2 is 1.69 bits per heavy atom. The van der Waals surface area contributed by atoms with Crippen molar-refractivity contribution in [2.45, 2.75) is 32.1 Å². The molecule has 0 saturated carbocycles. The van der Waals surface area contributed by atoms with Crippen molar-refractivity contribution in [2.24, 2.45) is 5.92 Å². The smallest absolute Gasteiger partial charge is 0.0585 e. The highest BCUT2D eigenvalue weighted by Gasteiger charge is 2.07. The first-order valence-corrected chi connectivity index (χ1v) is 5.33. The van der Waals surface area contributed by atoms with Crippen LogP contribution in [0.5, 0.6) is 0 Å². The number of hydrogen-bond acceptors (Lipinski definition) is 0. The van der Waals surface area contributed by atoms with Crippen LogP contribution in [-0.4, -0.2) is 0 Å². The van der Waals surface area contributed by atoms with Gasteiger partial charge in [0.1, 0.15) is 0 Å². The summed E-state index contributed by atoms with van der Waals surface area (Å²) in [6.45, 7) is 4.46. The number of benzene rings is 1. The molecule has 0 aliphatic rings. The molecule has 0 bridgehead atoms. The predicted molar refractivity (Wildman–Crippen MR) is 59.1 cm³/mol. The predicted octanol–water partition coefficient (Wildman–Crippen LogP) is 4.40. The van der Waals surface area contributed by atoms with Crippen molar-refractivity contribution >= 4 is 11.6 Å². The molecule has 0 saturated heterocycles. The maximum absolute atomic E-state index is 6.25.